The molecule has 1 rings (SSSR count). The fourth-order valence-corrected chi connectivity index (χ4v) is 16.6. The van der Waals surface area contributed by atoms with Gasteiger partial charge in [-0.3, -0.25) is 4.98 Å². The zero-order valence-corrected chi connectivity index (χ0v) is 29.1. The maximum Gasteiger partial charge on any atom is 0.323 e. The summed E-state index contributed by atoms with van der Waals surface area (Å²) in [4.78, 5) is 4.16. The van der Waals surface area contributed by atoms with E-state index in [0.29, 0.717) is 6.61 Å². The lowest BCUT2D eigenvalue weighted by Gasteiger charge is -2.37. The third-order valence-electron chi connectivity index (χ3n) is 6.74. The summed E-state index contributed by atoms with van der Waals surface area (Å²) in [6.45, 7) is 16.3. The highest BCUT2D eigenvalue weighted by Gasteiger charge is 2.41. The van der Waals surface area contributed by atoms with E-state index in [1.807, 2.05) is 18.3 Å². The Morgan fingerprint density at radius 3 is 1.47 bits per heavy atom. The van der Waals surface area contributed by atoms with Crippen LogP contribution in [0.2, 0.25) is 39.3 Å². The SMILES string of the molecule is CCCCCCCCCCCCCCCCCCO[Si](C)(C)O[Si](C)(C)O[Si](C)(C)OCc1cccnc1. The van der Waals surface area contributed by atoms with Crippen molar-refractivity contribution in [1.29, 1.82) is 0 Å². The third-order valence-corrected chi connectivity index (χ3v) is 16.3. The molecule has 0 saturated heterocycles. The molecule has 0 saturated carbocycles. The number of unbranched alkanes of at least 4 members (excludes halogenated alkanes) is 15. The molecular formula is C30H61NO4Si3. The zero-order valence-electron chi connectivity index (χ0n) is 26.1. The topological polar surface area (TPSA) is 49.8 Å². The van der Waals surface area contributed by atoms with E-state index in [9.17, 15) is 0 Å². The molecule has 38 heavy (non-hydrogen) atoms. The molecule has 0 unspecified atom stereocenters. The van der Waals surface area contributed by atoms with Gasteiger partial charge in [0.2, 0.25) is 0 Å². The van der Waals surface area contributed by atoms with Gasteiger partial charge in [-0.1, -0.05) is 109 Å². The van der Waals surface area contributed by atoms with Gasteiger partial charge in [-0.15, -0.1) is 0 Å². The molecule has 0 spiro atoms. The van der Waals surface area contributed by atoms with Gasteiger partial charge in [0, 0.05) is 19.0 Å². The Kier molecular flexibility index (Phi) is 19.2. The number of pyridine rings is 1. The van der Waals surface area contributed by atoms with Crippen molar-refractivity contribution in [3.63, 3.8) is 0 Å². The van der Waals surface area contributed by atoms with Crippen LogP contribution in [0.15, 0.2) is 24.5 Å². The molecule has 0 radical (unpaired) electrons. The van der Waals surface area contributed by atoms with Crippen LogP contribution in [0.4, 0.5) is 0 Å². The molecule has 0 bridgehead atoms. The minimum absolute atomic E-state index is 0.522. The molecule has 0 fully saturated rings. The second-order valence-electron chi connectivity index (χ2n) is 12.2. The number of hydrogen-bond donors (Lipinski definition) is 0. The Labute approximate surface area is 239 Å². The fourth-order valence-electron chi connectivity index (χ4n) is 4.97. The average Bonchev–Trinajstić information content (AvgIpc) is 2.84. The van der Waals surface area contributed by atoms with Gasteiger partial charge in [-0.25, -0.2) is 0 Å². The van der Waals surface area contributed by atoms with Crippen LogP contribution < -0.4 is 0 Å². The molecule has 8 heteroatoms. The molecule has 0 aromatic carbocycles. The first-order valence-corrected chi connectivity index (χ1v) is 24.1. The summed E-state index contributed by atoms with van der Waals surface area (Å²) in [6, 6.07) is 3.96. The van der Waals surface area contributed by atoms with Crippen LogP contribution in [-0.2, 0) is 23.7 Å². The monoisotopic (exact) mass is 583 g/mol. The zero-order chi connectivity index (χ0) is 28.2. The summed E-state index contributed by atoms with van der Waals surface area (Å²) in [5.74, 6) is 0. The second-order valence-corrected chi connectivity index (χ2v) is 22.8. The minimum atomic E-state index is -2.37. The molecule has 0 aliphatic carbocycles. The lowest BCUT2D eigenvalue weighted by molar-refractivity contribution is 0.197. The van der Waals surface area contributed by atoms with Gasteiger partial charge in [0.25, 0.3) is 0 Å². The van der Waals surface area contributed by atoms with Crippen LogP contribution >= 0.6 is 0 Å². The Hall–Kier alpha value is -0.359. The minimum Gasteiger partial charge on any atom is -0.415 e. The van der Waals surface area contributed by atoms with Gasteiger partial charge >= 0.3 is 25.7 Å². The summed E-state index contributed by atoms with van der Waals surface area (Å²) in [7, 11) is -6.93. The molecule has 0 atom stereocenters. The average molecular weight is 584 g/mol. The second kappa shape index (κ2) is 20.5. The van der Waals surface area contributed by atoms with E-state index in [1.54, 1.807) is 6.20 Å². The largest absolute Gasteiger partial charge is 0.415 e. The summed E-state index contributed by atoms with van der Waals surface area (Å²) < 4.78 is 25.4. The Balaban J connectivity index is 2.04. The highest BCUT2D eigenvalue weighted by molar-refractivity contribution is 6.84. The lowest BCUT2D eigenvalue weighted by atomic mass is 10.0. The van der Waals surface area contributed by atoms with Crippen molar-refractivity contribution in [2.45, 2.75) is 156 Å². The highest BCUT2D eigenvalue weighted by Crippen LogP contribution is 2.23. The van der Waals surface area contributed by atoms with E-state index in [0.717, 1.165) is 18.6 Å². The van der Waals surface area contributed by atoms with E-state index in [4.69, 9.17) is 17.1 Å². The number of rotatable bonds is 25. The van der Waals surface area contributed by atoms with Crippen LogP contribution in [0.5, 0.6) is 0 Å². The van der Waals surface area contributed by atoms with E-state index in [2.05, 4.69) is 51.2 Å². The van der Waals surface area contributed by atoms with Gasteiger partial charge in [0.15, 0.2) is 0 Å². The van der Waals surface area contributed by atoms with Gasteiger partial charge in [0.05, 0.1) is 6.61 Å². The fraction of sp³-hybridized carbons (Fsp3) is 0.833. The standard InChI is InChI=1S/C30H61NO4Si3/c1-8-9-10-11-12-13-14-15-16-17-18-19-20-21-22-23-27-32-36(2,3)34-38(6,7)35-37(4,5)33-29-30-25-24-26-31-28-30/h24-26,28H,8-23,27,29H2,1-7H3. The van der Waals surface area contributed by atoms with Crippen molar-refractivity contribution < 1.29 is 17.1 Å². The molecule has 1 aromatic heterocycles. The van der Waals surface area contributed by atoms with Crippen LogP contribution in [0, 0.1) is 0 Å². The molecule has 1 aromatic rings. The summed E-state index contributed by atoms with van der Waals surface area (Å²) in [5.41, 5.74) is 1.06. The first-order valence-electron chi connectivity index (χ1n) is 15.6. The van der Waals surface area contributed by atoms with Crippen LogP contribution in [0.3, 0.4) is 0 Å². The van der Waals surface area contributed by atoms with Crippen molar-refractivity contribution in [2.75, 3.05) is 6.61 Å². The molecular weight excluding hydrogens is 523 g/mol. The first-order chi connectivity index (χ1) is 18.1. The van der Waals surface area contributed by atoms with Crippen LogP contribution in [0.25, 0.3) is 0 Å². The number of hydrogen-bond acceptors (Lipinski definition) is 5. The predicted molar refractivity (Wildman–Crippen MR) is 169 cm³/mol. The maximum absolute atomic E-state index is 6.52. The Bertz CT molecular complexity index is 689. The van der Waals surface area contributed by atoms with Gasteiger partial charge in [-0.05, 0) is 57.3 Å². The Morgan fingerprint density at radius 2 is 1.03 bits per heavy atom. The quantitative estimate of drug-likeness (QED) is 0.0846. The number of nitrogens with zero attached hydrogens (tertiary/aromatic N) is 1. The van der Waals surface area contributed by atoms with Crippen LogP contribution in [-0.4, -0.2) is 37.3 Å². The smallest absolute Gasteiger partial charge is 0.323 e. The van der Waals surface area contributed by atoms with E-state index < -0.39 is 25.7 Å². The molecule has 222 valence electrons. The summed E-state index contributed by atoms with van der Waals surface area (Å²) in [6.07, 6.45) is 25.8. The Morgan fingerprint density at radius 1 is 0.579 bits per heavy atom. The summed E-state index contributed by atoms with van der Waals surface area (Å²) in [5, 5.41) is 0. The molecule has 0 aliphatic heterocycles. The van der Waals surface area contributed by atoms with Crippen molar-refractivity contribution in [2.24, 2.45) is 0 Å². The third kappa shape index (κ3) is 20.5. The predicted octanol–water partition coefficient (Wildman–Crippen LogP) is 10.0. The summed E-state index contributed by atoms with van der Waals surface area (Å²) >= 11 is 0. The molecule has 0 amide bonds. The van der Waals surface area contributed by atoms with Gasteiger partial charge in [-0.2, -0.15) is 0 Å². The van der Waals surface area contributed by atoms with E-state index in [1.165, 1.54) is 96.3 Å². The maximum atomic E-state index is 6.52. The van der Waals surface area contributed by atoms with Gasteiger partial charge in [0.1, 0.15) is 0 Å². The van der Waals surface area contributed by atoms with Crippen molar-refractivity contribution >= 4 is 25.7 Å². The van der Waals surface area contributed by atoms with Crippen molar-refractivity contribution in [1.82, 2.24) is 4.98 Å². The lowest BCUT2D eigenvalue weighted by Crippen LogP contribution is -2.54. The van der Waals surface area contributed by atoms with Crippen molar-refractivity contribution in [3.8, 4) is 0 Å². The van der Waals surface area contributed by atoms with Gasteiger partial charge < -0.3 is 17.1 Å². The normalized spacial score (nSPS) is 12.8. The molecule has 1 heterocycles. The molecule has 0 N–H and O–H groups in total. The van der Waals surface area contributed by atoms with E-state index in [-0.39, 0.29) is 0 Å². The number of aromatic nitrogens is 1. The van der Waals surface area contributed by atoms with Crippen molar-refractivity contribution in [3.05, 3.63) is 30.1 Å². The molecule has 5 nitrogen and oxygen atoms in total. The van der Waals surface area contributed by atoms with E-state index >= 15 is 0 Å². The van der Waals surface area contributed by atoms with Crippen LogP contribution in [0.1, 0.15) is 115 Å². The molecule has 0 aliphatic rings. The highest BCUT2D eigenvalue weighted by atomic mass is 28.5. The first kappa shape index (κ1) is 35.7.